The Morgan fingerprint density at radius 3 is 2.93 bits per heavy atom. The van der Waals surface area contributed by atoms with Crippen LogP contribution in [0.15, 0.2) is 25.8 Å². The van der Waals surface area contributed by atoms with Crippen molar-refractivity contribution in [3.63, 3.8) is 0 Å². The van der Waals surface area contributed by atoms with Crippen LogP contribution in [0.4, 0.5) is 10.7 Å². The number of rotatable bonds is 2. The van der Waals surface area contributed by atoms with E-state index >= 15 is 0 Å². The molecular weight excluding hydrogens is 270 g/mol. The Morgan fingerprint density at radius 1 is 1.64 bits per heavy atom. The van der Waals surface area contributed by atoms with E-state index in [-0.39, 0.29) is 11.1 Å². The van der Waals surface area contributed by atoms with Gasteiger partial charge in [0.1, 0.15) is 0 Å². The summed E-state index contributed by atoms with van der Waals surface area (Å²) in [6.45, 7) is 1.86. The summed E-state index contributed by atoms with van der Waals surface area (Å²) in [4.78, 5) is 22.0. The molecule has 0 fully saturated rings. The fraction of sp³-hybridized carbons (Fsp3) is 0.250. The molecule has 1 rings (SSSR count). The highest BCUT2D eigenvalue weighted by Crippen LogP contribution is 2.14. The van der Waals surface area contributed by atoms with E-state index in [1.165, 1.54) is 12.1 Å². The van der Waals surface area contributed by atoms with Crippen molar-refractivity contribution in [3.8, 4) is 0 Å². The van der Waals surface area contributed by atoms with Crippen molar-refractivity contribution in [1.29, 1.82) is 0 Å². The molecule has 0 saturated carbocycles. The normalized spacial score (nSPS) is 9.86. The van der Waals surface area contributed by atoms with E-state index in [1.54, 1.807) is 0 Å². The van der Waals surface area contributed by atoms with Crippen LogP contribution in [0.3, 0.4) is 0 Å². The number of anilines is 1. The lowest BCUT2D eigenvalue weighted by molar-refractivity contribution is 0.269. The number of halogens is 1. The van der Waals surface area contributed by atoms with Gasteiger partial charge in [-0.05, 0) is 5.75 Å². The van der Waals surface area contributed by atoms with E-state index in [2.05, 4.69) is 21.2 Å². The van der Waals surface area contributed by atoms with Crippen LogP contribution < -0.4 is 10.9 Å². The first-order chi connectivity index (χ1) is 6.61. The molecule has 0 unspecified atom stereocenters. The molecule has 0 spiro atoms. The van der Waals surface area contributed by atoms with Gasteiger partial charge in [-0.2, -0.15) is 0 Å². The first-order valence-electron chi connectivity index (χ1n) is 3.86. The van der Waals surface area contributed by atoms with Gasteiger partial charge in [0.15, 0.2) is 0 Å². The Bertz CT molecular complexity index is 390. The summed E-state index contributed by atoms with van der Waals surface area (Å²) in [5, 5.41) is 2.21. The number of carbonyl (C=O) groups excluding carboxylic acids is 1. The highest BCUT2D eigenvalue weighted by Gasteiger charge is 2.04. The summed E-state index contributed by atoms with van der Waals surface area (Å²) in [6, 6.07) is 2.80. The Kier molecular flexibility index (Phi) is 4.21. The maximum atomic E-state index is 11.1. The monoisotopic (exact) mass is 277 g/mol. The molecular formula is C8H8BrNO3S. The maximum Gasteiger partial charge on any atom is 0.338 e. The lowest BCUT2D eigenvalue weighted by atomic mass is 10.5. The van der Waals surface area contributed by atoms with E-state index in [0.717, 1.165) is 11.8 Å². The largest absolute Gasteiger partial charge is 0.406 e. The molecule has 14 heavy (non-hydrogen) atoms. The summed E-state index contributed by atoms with van der Waals surface area (Å²) in [5.41, 5.74) is -0.504. The summed E-state index contributed by atoms with van der Waals surface area (Å²) >= 11 is 4.23. The molecule has 6 heteroatoms. The highest BCUT2D eigenvalue weighted by atomic mass is 79.9. The highest BCUT2D eigenvalue weighted by molar-refractivity contribution is 9.10. The molecule has 1 aromatic heterocycles. The minimum absolute atomic E-state index is 0.148. The lowest BCUT2D eigenvalue weighted by Crippen LogP contribution is -2.08. The van der Waals surface area contributed by atoms with Crippen LogP contribution in [0.1, 0.15) is 6.92 Å². The molecule has 0 aliphatic heterocycles. The van der Waals surface area contributed by atoms with E-state index in [4.69, 9.17) is 4.42 Å². The number of hydrogen-bond acceptors (Lipinski definition) is 4. The summed E-state index contributed by atoms with van der Waals surface area (Å²) in [6.07, 6.45) is 0. The van der Waals surface area contributed by atoms with Gasteiger partial charge >= 0.3 is 5.63 Å². The second-order valence-electron chi connectivity index (χ2n) is 2.30. The van der Waals surface area contributed by atoms with Crippen molar-refractivity contribution in [1.82, 2.24) is 0 Å². The Labute approximate surface area is 93.2 Å². The zero-order valence-electron chi connectivity index (χ0n) is 7.37. The van der Waals surface area contributed by atoms with Crippen LogP contribution in [-0.2, 0) is 0 Å². The van der Waals surface area contributed by atoms with Gasteiger partial charge in [0, 0.05) is 16.6 Å². The lowest BCUT2D eigenvalue weighted by Gasteiger charge is -2.01. The second-order valence-corrected chi connectivity index (χ2v) is 4.46. The topological polar surface area (TPSA) is 59.3 Å². The molecule has 1 N–H and O–H groups in total. The molecule has 0 radical (unpaired) electrons. The number of carbonyl (C=O) groups is 1. The second kappa shape index (κ2) is 5.21. The third kappa shape index (κ3) is 3.55. The van der Waals surface area contributed by atoms with Gasteiger partial charge in [-0.3, -0.25) is 10.1 Å². The van der Waals surface area contributed by atoms with Crippen LogP contribution in [0.2, 0.25) is 0 Å². The maximum absolute atomic E-state index is 11.1. The predicted molar refractivity (Wildman–Crippen MR) is 59.8 cm³/mol. The predicted octanol–water partition coefficient (Wildman–Crippen LogP) is 2.69. The number of hydrogen-bond donors (Lipinski definition) is 1. The van der Waals surface area contributed by atoms with Gasteiger partial charge in [-0.1, -0.05) is 34.6 Å². The molecule has 1 amide bonds. The Balaban J connectivity index is 2.76. The fourth-order valence-corrected chi connectivity index (χ4v) is 1.61. The molecule has 0 aliphatic carbocycles. The van der Waals surface area contributed by atoms with Gasteiger partial charge in [0.2, 0.25) is 5.88 Å². The van der Waals surface area contributed by atoms with Crippen molar-refractivity contribution in [3.05, 3.63) is 27.0 Å². The summed E-state index contributed by atoms with van der Waals surface area (Å²) < 4.78 is 5.32. The van der Waals surface area contributed by atoms with Crippen LogP contribution in [0.5, 0.6) is 0 Å². The first-order valence-corrected chi connectivity index (χ1v) is 5.64. The van der Waals surface area contributed by atoms with E-state index < -0.39 is 5.63 Å². The van der Waals surface area contributed by atoms with Crippen molar-refractivity contribution >= 4 is 38.8 Å². The van der Waals surface area contributed by atoms with Gasteiger partial charge in [-0.25, -0.2) is 4.79 Å². The van der Waals surface area contributed by atoms with E-state index in [9.17, 15) is 9.59 Å². The number of nitrogens with one attached hydrogen (secondary N) is 1. The summed E-state index contributed by atoms with van der Waals surface area (Å²) in [7, 11) is 0. The molecule has 0 atom stereocenters. The molecule has 0 bridgehead atoms. The quantitative estimate of drug-likeness (QED) is 0.903. The van der Waals surface area contributed by atoms with Crippen molar-refractivity contribution in [2.24, 2.45) is 0 Å². The van der Waals surface area contributed by atoms with Crippen molar-refractivity contribution < 1.29 is 9.21 Å². The SMILES string of the molecule is CCSC(=O)Nc1cc(Br)cc(=O)o1. The number of thioether (sulfide) groups is 1. The van der Waals surface area contributed by atoms with Crippen LogP contribution in [0.25, 0.3) is 0 Å². The first kappa shape index (κ1) is 11.3. The smallest absolute Gasteiger partial charge is 0.338 e. The van der Waals surface area contributed by atoms with E-state index in [1.807, 2.05) is 6.92 Å². The molecule has 0 aromatic carbocycles. The molecule has 0 aliphatic rings. The van der Waals surface area contributed by atoms with Crippen molar-refractivity contribution in [2.75, 3.05) is 11.1 Å². The molecule has 1 aromatic rings. The van der Waals surface area contributed by atoms with Crippen molar-refractivity contribution in [2.45, 2.75) is 6.92 Å². The summed E-state index contributed by atoms with van der Waals surface area (Å²) in [5.74, 6) is 0.819. The fourth-order valence-electron chi connectivity index (χ4n) is 0.776. The third-order valence-electron chi connectivity index (χ3n) is 1.24. The van der Waals surface area contributed by atoms with Gasteiger partial charge in [0.05, 0.1) is 0 Å². The standard InChI is InChI=1S/C8H8BrNO3S/c1-2-14-8(12)10-6-3-5(9)4-7(11)13-6/h3-4H,2H2,1H3,(H,10,12). The van der Waals surface area contributed by atoms with E-state index in [0.29, 0.717) is 10.2 Å². The zero-order chi connectivity index (χ0) is 10.6. The van der Waals surface area contributed by atoms with Crippen LogP contribution in [0, 0.1) is 0 Å². The van der Waals surface area contributed by atoms with Crippen LogP contribution >= 0.6 is 27.7 Å². The van der Waals surface area contributed by atoms with Crippen LogP contribution in [-0.4, -0.2) is 11.0 Å². The van der Waals surface area contributed by atoms with Gasteiger partial charge in [0.25, 0.3) is 5.24 Å². The Hall–Kier alpha value is -0.750. The van der Waals surface area contributed by atoms with Gasteiger partial charge < -0.3 is 4.42 Å². The minimum Gasteiger partial charge on any atom is -0.406 e. The molecule has 76 valence electrons. The average molecular weight is 278 g/mol. The minimum atomic E-state index is -0.504. The average Bonchev–Trinajstić information content (AvgIpc) is 2.01. The molecule has 4 nitrogen and oxygen atoms in total. The third-order valence-corrected chi connectivity index (χ3v) is 2.35. The Morgan fingerprint density at radius 2 is 2.36 bits per heavy atom. The van der Waals surface area contributed by atoms with Gasteiger partial charge in [-0.15, -0.1) is 0 Å². The number of amides is 1. The molecule has 1 heterocycles. The molecule has 0 saturated heterocycles. The zero-order valence-corrected chi connectivity index (χ0v) is 9.78.